The molecule has 0 amide bonds. The molecule has 128 valence electrons. The average Bonchev–Trinajstić information content (AvgIpc) is 2.52. The highest BCUT2D eigenvalue weighted by atomic mass is 79.9. The number of aliphatic carboxylic acids is 1. The number of carboxylic acid groups (broad SMARTS) is 1. The largest absolute Gasteiger partial charge is 0.482 e. The summed E-state index contributed by atoms with van der Waals surface area (Å²) in [5.41, 5.74) is -0.0931. The quantitative estimate of drug-likeness (QED) is 0.780. The van der Waals surface area contributed by atoms with Gasteiger partial charge in [-0.05, 0) is 42.5 Å². The Kier molecular flexibility index (Phi) is 5.45. The second-order valence-electron chi connectivity index (χ2n) is 4.72. The molecule has 0 aliphatic rings. The highest BCUT2D eigenvalue weighted by Gasteiger charge is 2.23. The monoisotopic (exact) mass is 417 g/mol. The summed E-state index contributed by atoms with van der Waals surface area (Å²) in [6.45, 7) is -0.532. The summed E-state index contributed by atoms with van der Waals surface area (Å²) in [6.07, 6.45) is 0. The summed E-state index contributed by atoms with van der Waals surface area (Å²) in [7, 11) is -2.72. The lowest BCUT2D eigenvalue weighted by atomic mass is 10.3. The molecule has 0 aliphatic carbocycles. The Balaban J connectivity index is 2.27. The lowest BCUT2D eigenvalue weighted by Gasteiger charge is -2.20. The fraction of sp³-hybridized carbons (Fsp3) is 0.133. The van der Waals surface area contributed by atoms with Crippen LogP contribution in [0, 0.1) is 5.82 Å². The number of carbonyl (C=O) groups is 1. The lowest BCUT2D eigenvalue weighted by Crippen LogP contribution is -2.27. The fourth-order valence-corrected chi connectivity index (χ4v) is 3.41. The van der Waals surface area contributed by atoms with Crippen molar-refractivity contribution in [2.24, 2.45) is 0 Å². The lowest BCUT2D eigenvalue weighted by molar-refractivity contribution is -0.139. The van der Waals surface area contributed by atoms with Crippen molar-refractivity contribution in [1.29, 1.82) is 0 Å². The zero-order chi connectivity index (χ0) is 17.9. The van der Waals surface area contributed by atoms with Crippen LogP contribution in [0.2, 0.25) is 0 Å². The van der Waals surface area contributed by atoms with E-state index in [0.717, 1.165) is 4.31 Å². The maximum absolute atomic E-state index is 14.0. The molecule has 0 saturated carbocycles. The van der Waals surface area contributed by atoms with Gasteiger partial charge in [0, 0.05) is 11.5 Å². The first-order valence-electron chi connectivity index (χ1n) is 6.60. The van der Waals surface area contributed by atoms with E-state index in [2.05, 4.69) is 15.9 Å². The van der Waals surface area contributed by atoms with E-state index in [0.29, 0.717) is 4.47 Å². The van der Waals surface area contributed by atoms with Crippen LogP contribution in [0.25, 0.3) is 0 Å². The molecule has 0 atom stereocenters. The van der Waals surface area contributed by atoms with E-state index < -0.39 is 28.4 Å². The van der Waals surface area contributed by atoms with E-state index in [1.807, 2.05) is 0 Å². The highest BCUT2D eigenvalue weighted by molar-refractivity contribution is 9.10. The Labute approximate surface area is 146 Å². The topological polar surface area (TPSA) is 83.9 Å². The van der Waals surface area contributed by atoms with Crippen molar-refractivity contribution >= 4 is 37.6 Å². The first kappa shape index (κ1) is 18.2. The first-order valence-corrected chi connectivity index (χ1v) is 8.84. The van der Waals surface area contributed by atoms with Gasteiger partial charge in [-0.1, -0.05) is 15.9 Å². The van der Waals surface area contributed by atoms with E-state index >= 15 is 0 Å². The predicted octanol–water partition coefficient (Wildman–Crippen LogP) is 2.88. The number of benzene rings is 2. The van der Waals surface area contributed by atoms with Crippen LogP contribution in [0.5, 0.6) is 5.75 Å². The molecule has 2 aromatic carbocycles. The number of hydrogen-bond acceptors (Lipinski definition) is 4. The van der Waals surface area contributed by atoms with Gasteiger partial charge in [0.05, 0.1) is 10.6 Å². The molecule has 0 unspecified atom stereocenters. The number of sulfonamides is 1. The molecule has 0 saturated heterocycles. The zero-order valence-electron chi connectivity index (χ0n) is 12.4. The van der Waals surface area contributed by atoms with Gasteiger partial charge in [0.25, 0.3) is 10.0 Å². The van der Waals surface area contributed by atoms with Crippen LogP contribution >= 0.6 is 15.9 Å². The van der Waals surface area contributed by atoms with Crippen molar-refractivity contribution < 1.29 is 27.4 Å². The normalized spacial score (nSPS) is 11.1. The Morgan fingerprint density at radius 1 is 1.25 bits per heavy atom. The van der Waals surface area contributed by atoms with Crippen molar-refractivity contribution in [1.82, 2.24) is 0 Å². The number of carboxylic acids is 1. The van der Waals surface area contributed by atoms with Crippen LogP contribution in [0.15, 0.2) is 51.8 Å². The van der Waals surface area contributed by atoms with Crippen LogP contribution < -0.4 is 9.04 Å². The second-order valence-corrected chi connectivity index (χ2v) is 7.61. The molecule has 2 rings (SSSR count). The predicted molar refractivity (Wildman–Crippen MR) is 89.3 cm³/mol. The number of ether oxygens (including phenoxy) is 1. The van der Waals surface area contributed by atoms with Crippen LogP contribution in [0.4, 0.5) is 10.1 Å². The van der Waals surface area contributed by atoms with E-state index in [9.17, 15) is 17.6 Å². The molecule has 0 bridgehead atoms. The molecule has 0 heterocycles. The highest BCUT2D eigenvalue weighted by Crippen LogP contribution is 2.27. The van der Waals surface area contributed by atoms with Gasteiger partial charge in [0.2, 0.25) is 0 Å². The summed E-state index contributed by atoms with van der Waals surface area (Å²) in [5, 5.41) is 8.54. The smallest absolute Gasteiger partial charge is 0.341 e. The number of halogens is 2. The van der Waals surface area contributed by atoms with Gasteiger partial charge in [0.15, 0.2) is 6.61 Å². The molecule has 2 aromatic rings. The molecule has 0 radical (unpaired) electrons. The van der Waals surface area contributed by atoms with Crippen LogP contribution in [0.3, 0.4) is 0 Å². The third-order valence-electron chi connectivity index (χ3n) is 3.09. The molecule has 0 fully saturated rings. The number of rotatable bonds is 6. The Morgan fingerprint density at radius 2 is 1.88 bits per heavy atom. The van der Waals surface area contributed by atoms with Crippen molar-refractivity contribution in [2.45, 2.75) is 4.90 Å². The standard InChI is InChI=1S/C15H13BrFNO5S/c1-18(14-7-2-10(16)8-13(14)17)24(21,22)12-5-3-11(4-6-12)23-9-15(19)20/h2-8H,9H2,1H3,(H,19,20). The molecule has 24 heavy (non-hydrogen) atoms. The van der Waals surface area contributed by atoms with Gasteiger partial charge in [-0.25, -0.2) is 17.6 Å². The molecule has 6 nitrogen and oxygen atoms in total. The van der Waals surface area contributed by atoms with Crippen LogP contribution in [0.1, 0.15) is 0 Å². The third kappa shape index (κ3) is 4.04. The van der Waals surface area contributed by atoms with E-state index in [1.165, 1.54) is 49.5 Å². The Hall–Kier alpha value is -2.13. The maximum Gasteiger partial charge on any atom is 0.341 e. The minimum Gasteiger partial charge on any atom is -0.482 e. The maximum atomic E-state index is 14.0. The average molecular weight is 418 g/mol. The molecule has 9 heteroatoms. The minimum absolute atomic E-state index is 0.0741. The van der Waals surface area contributed by atoms with E-state index in [4.69, 9.17) is 9.84 Å². The Morgan fingerprint density at radius 3 is 2.42 bits per heavy atom. The first-order chi connectivity index (χ1) is 11.2. The number of anilines is 1. The summed E-state index contributed by atoms with van der Waals surface area (Å²) < 4.78 is 45.4. The summed E-state index contributed by atoms with van der Waals surface area (Å²) >= 11 is 3.11. The van der Waals surface area contributed by atoms with Gasteiger partial charge in [-0.3, -0.25) is 4.31 Å². The SMILES string of the molecule is CN(c1ccc(Br)cc1F)S(=O)(=O)c1ccc(OCC(=O)O)cc1. The van der Waals surface area contributed by atoms with Crippen molar-refractivity contribution in [2.75, 3.05) is 18.0 Å². The summed E-state index contributed by atoms with van der Waals surface area (Å²) in [5.74, 6) is -1.61. The van der Waals surface area contributed by atoms with Crippen molar-refractivity contribution in [3.8, 4) is 5.75 Å². The molecule has 0 aromatic heterocycles. The number of hydrogen-bond donors (Lipinski definition) is 1. The van der Waals surface area contributed by atoms with Gasteiger partial charge < -0.3 is 9.84 Å². The van der Waals surface area contributed by atoms with E-state index in [-0.39, 0.29) is 16.3 Å². The molecule has 0 spiro atoms. The molecular weight excluding hydrogens is 405 g/mol. The van der Waals surface area contributed by atoms with Crippen LogP contribution in [-0.4, -0.2) is 33.1 Å². The minimum atomic E-state index is -3.97. The third-order valence-corrected chi connectivity index (χ3v) is 5.37. The van der Waals surface area contributed by atoms with Crippen molar-refractivity contribution in [3.05, 3.63) is 52.8 Å². The second kappa shape index (κ2) is 7.18. The van der Waals surface area contributed by atoms with Gasteiger partial charge >= 0.3 is 5.97 Å². The van der Waals surface area contributed by atoms with Gasteiger partial charge in [-0.15, -0.1) is 0 Å². The molecule has 0 aliphatic heterocycles. The van der Waals surface area contributed by atoms with Gasteiger partial charge in [0.1, 0.15) is 11.6 Å². The van der Waals surface area contributed by atoms with Gasteiger partial charge in [-0.2, -0.15) is 0 Å². The fourth-order valence-electron chi connectivity index (χ4n) is 1.88. The number of nitrogens with zero attached hydrogens (tertiary/aromatic N) is 1. The zero-order valence-corrected chi connectivity index (χ0v) is 14.8. The summed E-state index contributed by atoms with van der Waals surface area (Å²) in [4.78, 5) is 10.4. The molecule has 1 N–H and O–H groups in total. The van der Waals surface area contributed by atoms with E-state index in [1.54, 1.807) is 0 Å². The van der Waals surface area contributed by atoms with Crippen LogP contribution in [-0.2, 0) is 14.8 Å². The van der Waals surface area contributed by atoms with Crippen molar-refractivity contribution in [3.63, 3.8) is 0 Å². The molecular formula is C15H13BrFNO5S. The summed E-state index contributed by atoms with van der Waals surface area (Å²) in [6, 6.07) is 9.25. The Bertz CT molecular complexity index is 855.